The zero-order valence-corrected chi connectivity index (χ0v) is 16.0. The van der Waals surface area contributed by atoms with Crippen LogP contribution >= 0.6 is 0 Å². The molecule has 0 saturated heterocycles. The third kappa shape index (κ3) is 3.17. The molecule has 0 atom stereocenters. The number of terminal acetylenes is 1. The number of aromatic nitrogens is 2. The fourth-order valence-electron chi connectivity index (χ4n) is 3.04. The summed E-state index contributed by atoms with van der Waals surface area (Å²) in [4.78, 5) is 3.35. The van der Waals surface area contributed by atoms with E-state index in [4.69, 9.17) is 6.42 Å². The maximum absolute atomic E-state index is 5.60. The van der Waals surface area contributed by atoms with Crippen molar-refractivity contribution in [3.8, 4) is 18.0 Å². The minimum atomic E-state index is 0.782. The lowest BCUT2D eigenvalue weighted by atomic mass is 10.1. The molecule has 0 aliphatic carbocycles. The van der Waals surface area contributed by atoms with E-state index in [1.807, 2.05) is 52.0 Å². The van der Waals surface area contributed by atoms with Crippen LogP contribution in [0.5, 0.6) is 0 Å². The monoisotopic (exact) mass is 342 g/mol. The highest BCUT2D eigenvalue weighted by Crippen LogP contribution is 2.31. The quantitative estimate of drug-likeness (QED) is 0.387. The third-order valence-electron chi connectivity index (χ3n) is 4.06. The number of rotatable bonds is 2. The molecule has 132 valence electrons. The van der Waals surface area contributed by atoms with E-state index >= 15 is 0 Å². The molecule has 0 aliphatic heterocycles. The highest BCUT2D eigenvalue weighted by molar-refractivity contribution is 6.08. The van der Waals surface area contributed by atoms with Gasteiger partial charge in [-0.2, -0.15) is 0 Å². The summed E-state index contributed by atoms with van der Waals surface area (Å²) < 4.78 is 2.18. The Balaban J connectivity index is 0.000000570. The molecular weight excluding hydrogens is 316 g/mol. The van der Waals surface area contributed by atoms with Gasteiger partial charge in [-0.15, -0.1) is 6.42 Å². The Morgan fingerprint density at radius 1 is 0.962 bits per heavy atom. The van der Waals surface area contributed by atoms with E-state index in [0.29, 0.717) is 0 Å². The first-order valence-corrected chi connectivity index (χ1v) is 9.13. The number of nitrogens with one attached hydrogen (secondary N) is 1. The maximum atomic E-state index is 5.60. The number of fused-ring (bicyclic) bond motifs is 3. The second kappa shape index (κ2) is 8.78. The first-order valence-electron chi connectivity index (χ1n) is 9.13. The molecule has 0 aliphatic rings. The van der Waals surface area contributed by atoms with Gasteiger partial charge in [0.2, 0.25) is 0 Å². The maximum Gasteiger partial charge on any atom is 0.0975 e. The molecular formula is C24H26N2. The molecule has 4 rings (SSSR count). The Hall–Kier alpha value is -3.18. The average molecular weight is 342 g/mol. The Labute approximate surface area is 156 Å². The summed E-state index contributed by atoms with van der Waals surface area (Å²) in [5.74, 6) is 2.71. The number of hydrogen-bond acceptors (Lipinski definition) is 0. The molecule has 2 heterocycles. The summed E-state index contributed by atoms with van der Waals surface area (Å²) in [5, 5.41) is 2.27. The summed E-state index contributed by atoms with van der Waals surface area (Å²) in [7, 11) is 0. The van der Waals surface area contributed by atoms with Crippen LogP contribution in [0.3, 0.4) is 0 Å². The molecule has 1 N–H and O–H groups in total. The van der Waals surface area contributed by atoms with Crippen molar-refractivity contribution in [3.63, 3.8) is 0 Å². The molecule has 0 amide bonds. The number of H-pyrrole nitrogens is 1. The van der Waals surface area contributed by atoms with Gasteiger partial charge in [0.25, 0.3) is 0 Å². The second-order valence-electron chi connectivity index (χ2n) is 5.20. The summed E-state index contributed by atoms with van der Waals surface area (Å²) in [6.45, 7) is 11.9. The number of para-hydroxylation sites is 1. The predicted octanol–water partition coefficient (Wildman–Crippen LogP) is 6.79. The largest absolute Gasteiger partial charge is 0.347 e. The molecule has 0 saturated carbocycles. The van der Waals surface area contributed by atoms with E-state index in [2.05, 4.69) is 58.6 Å². The number of nitrogens with zero attached hydrogens (tertiary/aromatic N) is 1. The van der Waals surface area contributed by atoms with Gasteiger partial charge in [-0.25, -0.2) is 0 Å². The molecule has 2 nitrogen and oxygen atoms in total. The molecule has 26 heavy (non-hydrogen) atoms. The SMILES string of the molecule is C#Cc1[nH]c2c(ccc3c2ccn3-c2ccccc2)c1C=C.CC.CC. The highest BCUT2D eigenvalue weighted by atomic mass is 15.0. The Morgan fingerprint density at radius 3 is 2.27 bits per heavy atom. The fraction of sp³-hybridized carbons (Fsp3) is 0.167. The number of hydrogen-bond donors (Lipinski definition) is 1. The van der Waals surface area contributed by atoms with Gasteiger partial charge in [0, 0.05) is 28.2 Å². The van der Waals surface area contributed by atoms with E-state index < -0.39 is 0 Å². The first kappa shape index (κ1) is 19.1. The van der Waals surface area contributed by atoms with Gasteiger partial charge in [-0.05, 0) is 24.3 Å². The summed E-state index contributed by atoms with van der Waals surface area (Å²) in [6.07, 6.45) is 9.50. The minimum Gasteiger partial charge on any atom is -0.347 e. The fourth-order valence-corrected chi connectivity index (χ4v) is 3.04. The summed E-state index contributed by atoms with van der Waals surface area (Å²) in [6, 6.07) is 16.7. The summed E-state index contributed by atoms with van der Waals surface area (Å²) >= 11 is 0. The van der Waals surface area contributed by atoms with Crippen molar-refractivity contribution >= 4 is 27.9 Å². The van der Waals surface area contributed by atoms with Crippen LogP contribution in [-0.4, -0.2) is 9.55 Å². The third-order valence-corrected chi connectivity index (χ3v) is 4.06. The van der Waals surface area contributed by atoms with E-state index in [0.717, 1.165) is 38.8 Å². The number of benzene rings is 2. The summed E-state index contributed by atoms with van der Waals surface area (Å²) in [5.41, 5.74) is 5.13. The molecule has 0 fully saturated rings. The molecule has 0 radical (unpaired) electrons. The van der Waals surface area contributed by atoms with E-state index in [1.165, 1.54) is 0 Å². The van der Waals surface area contributed by atoms with Gasteiger partial charge < -0.3 is 9.55 Å². The van der Waals surface area contributed by atoms with Gasteiger partial charge in [0.05, 0.1) is 16.7 Å². The van der Waals surface area contributed by atoms with E-state index in [9.17, 15) is 0 Å². The van der Waals surface area contributed by atoms with Crippen LogP contribution in [0.4, 0.5) is 0 Å². The minimum absolute atomic E-state index is 0.782. The molecule has 0 bridgehead atoms. The van der Waals surface area contributed by atoms with Crippen molar-refractivity contribution in [2.45, 2.75) is 27.7 Å². The second-order valence-corrected chi connectivity index (χ2v) is 5.20. The van der Waals surface area contributed by atoms with Crippen molar-refractivity contribution in [3.05, 3.63) is 72.6 Å². The molecule has 0 spiro atoms. The standard InChI is InChI=1S/C20H14N2.2C2H6/c1-3-15-16-10-11-19-17(20(16)21-18(15)4-2)12-13-22(19)14-8-6-5-7-9-14;2*1-2/h2-3,5-13,21H,1H2;2*1-2H3. The van der Waals surface area contributed by atoms with Crippen LogP contribution in [0.1, 0.15) is 39.0 Å². The van der Waals surface area contributed by atoms with Crippen LogP contribution in [-0.2, 0) is 0 Å². The van der Waals surface area contributed by atoms with Crippen molar-refractivity contribution < 1.29 is 0 Å². The molecule has 2 heteroatoms. The van der Waals surface area contributed by atoms with E-state index in [1.54, 1.807) is 0 Å². The van der Waals surface area contributed by atoms with Gasteiger partial charge in [-0.1, -0.05) is 70.5 Å². The van der Waals surface area contributed by atoms with Gasteiger partial charge in [0.15, 0.2) is 0 Å². The van der Waals surface area contributed by atoms with Gasteiger partial charge in [-0.3, -0.25) is 0 Å². The zero-order valence-electron chi connectivity index (χ0n) is 16.0. The first-order chi connectivity index (χ1) is 12.8. The highest BCUT2D eigenvalue weighted by Gasteiger charge is 2.12. The van der Waals surface area contributed by atoms with Crippen LogP contribution in [0, 0.1) is 12.3 Å². The van der Waals surface area contributed by atoms with Crippen LogP contribution < -0.4 is 0 Å². The Bertz CT molecular complexity index is 1040. The van der Waals surface area contributed by atoms with Crippen molar-refractivity contribution in [2.75, 3.05) is 0 Å². The predicted molar refractivity (Wildman–Crippen MR) is 116 cm³/mol. The van der Waals surface area contributed by atoms with Crippen LogP contribution in [0.25, 0.3) is 33.6 Å². The molecule has 0 unspecified atom stereocenters. The zero-order chi connectivity index (χ0) is 19.1. The van der Waals surface area contributed by atoms with Crippen LogP contribution in [0.2, 0.25) is 0 Å². The van der Waals surface area contributed by atoms with Crippen LogP contribution in [0.15, 0.2) is 61.3 Å². The number of aromatic amines is 1. The van der Waals surface area contributed by atoms with Gasteiger partial charge >= 0.3 is 0 Å². The lowest BCUT2D eigenvalue weighted by Crippen LogP contribution is -1.90. The smallest absolute Gasteiger partial charge is 0.0975 e. The lowest BCUT2D eigenvalue weighted by Gasteiger charge is -2.05. The Morgan fingerprint density at radius 2 is 1.65 bits per heavy atom. The van der Waals surface area contributed by atoms with E-state index in [-0.39, 0.29) is 0 Å². The van der Waals surface area contributed by atoms with Crippen molar-refractivity contribution in [1.82, 2.24) is 9.55 Å². The van der Waals surface area contributed by atoms with Gasteiger partial charge in [0.1, 0.15) is 0 Å². The Kier molecular flexibility index (Phi) is 6.47. The normalized spacial score (nSPS) is 9.65. The lowest BCUT2D eigenvalue weighted by molar-refractivity contribution is 1.13. The molecule has 2 aromatic carbocycles. The topological polar surface area (TPSA) is 20.7 Å². The average Bonchev–Trinajstić information content (AvgIpc) is 3.32. The van der Waals surface area contributed by atoms with Crippen molar-refractivity contribution in [2.24, 2.45) is 0 Å². The molecule has 4 aromatic rings. The molecule has 2 aromatic heterocycles. The van der Waals surface area contributed by atoms with Crippen molar-refractivity contribution in [1.29, 1.82) is 0 Å².